The largest absolute Gasteiger partial charge is 0.374 e. The Hall–Kier alpha value is -2.26. The number of hydrogen-bond acceptors (Lipinski definition) is 7. The van der Waals surface area contributed by atoms with Crippen molar-refractivity contribution in [1.82, 2.24) is 24.8 Å². The Morgan fingerprint density at radius 1 is 1.50 bits per heavy atom. The van der Waals surface area contributed by atoms with E-state index in [-0.39, 0.29) is 24.5 Å². The molecule has 0 aliphatic carbocycles. The van der Waals surface area contributed by atoms with Gasteiger partial charge >= 0.3 is 0 Å². The van der Waals surface area contributed by atoms with Crippen molar-refractivity contribution in [2.45, 2.75) is 32.4 Å². The number of carbonyl (C=O) groups excluding carboxylic acids is 1. The van der Waals surface area contributed by atoms with E-state index in [4.69, 9.17) is 9.26 Å². The summed E-state index contributed by atoms with van der Waals surface area (Å²) in [4.78, 5) is 18.1. The molecule has 1 aliphatic heterocycles. The van der Waals surface area contributed by atoms with E-state index in [0.29, 0.717) is 25.6 Å². The van der Waals surface area contributed by atoms with E-state index in [2.05, 4.69) is 25.5 Å². The van der Waals surface area contributed by atoms with Gasteiger partial charge in [0.15, 0.2) is 0 Å². The van der Waals surface area contributed by atoms with E-state index in [1.807, 2.05) is 13.8 Å². The molecule has 1 atom stereocenters. The topological polar surface area (TPSA) is 98.3 Å². The first-order chi connectivity index (χ1) is 11.6. The van der Waals surface area contributed by atoms with Crippen LogP contribution in [0.25, 0.3) is 0 Å². The third kappa shape index (κ3) is 4.39. The van der Waals surface area contributed by atoms with Crippen molar-refractivity contribution in [3.63, 3.8) is 0 Å². The number of nitrogens with zero attached hydrogens (tertiary/aromatic N) is 5. The predicted octanol–water partition coefficient (Wildman–Crippen LogP) is 0.729. The highest BCUT2D eigenvalue weighted by atomic mass is 16.5. The molecule has 1 fully saturated rings. The molecule has 0 unspecified atom stereocenters. The molecule has 130 valence electrons. The second-order valence-electron chi connectivity index (χ2n) is 6.16. The number of ether oxygens (including phenoxy) is 1. The van der Waals surface area contributed by atoms with E-state index in [0.717, 1.165) is 12.2 Å². The smallest absolute Gasteiger partial charge is 0.240 e. The average Bonchev–Trinajstić information content (AvgIpc) is 3.19. The van der Waals surface area contributed by atoms with Crippen LogP contribution in [0.5, 0.6) is 0 Å². The molecular formula is C15H22N6O3. The first-order valence-electron chi connectivity index (χ1n) is 8.03. The highest BCUT2D eigenvalue weighted by molar-refractivity contribution is 5.90. The molecule has 1 aliphatic rings. The molecule has 0 aromatic carbocycles. The zero-order chi connectivity index (χ0) is 16.9. The van der Waals surface area contributed by atoms with Gasteiger partial charge in [0.1, 0.15) is 12.7 Å². The molecule has 1 saturated heterocycles. The summed E-state index contributed by atoms with van der Waals surface area (Å²) in [6, 6.07) is 1.76. The third-order valence-electron chi connectivity index (χ3n) is 3.83. The second-order valence-corrected chi connectivity index (χ2v) is 6.16. The van der Waals surface area contributed by atoms with Crippen LogP contribution in [0, 0.1) is 0 Å². The molecule has 2 aromatic heterocycles. The van der Waals surface area contributed by atoms with Gasteiger partial charge in [-0.15, -0.1) is 0 Å². The highest BCUT2D eigenvalue weighted by Gasteiger charge is 2.23. The molecule has 1 amide bonds. The standard InChI is InChI=1S/C15H22N6O3/c1-11(2)13-5-15(24-19-13)18-14(22)8-20-3-4-23-12(6-20)7-21-10-16-9-17-21/h5,9-12H,3-4,6-8H2,1-2H3,(H,18,22)/t12-/m1/s1. The van der Waals surface area contributed by atoms with Crippen LogP contribution in [-0.4, -0.2) is 63.1 Å². The van der Waals surface area contributed by atoms with Crippen LogP contribution in [0.1, 0.15) is 25.5 Å². The quantitative estimate of drug-likeness (QED) is 0.831. The van der Waals surface area contributed by atoms with Gasteiger partial charge in [-0.05, 0) is 5.92 Å². The van der Waals surface area contributed by atoms with Gasteiger partial charge < -0.3 is 9.26 Å². The maximum atomic E-state index is 12.2. The number of carbonyl (C=O) groups is 1. The molecule has 9 nitrogen and oxygen atoms in total. The molecular weight excluding hydrogens is 312 g/mol. The van der Waals surface area contributed by atoms with Crippen LogP contribution < -0.4 is 5.32 Å². The van der Waals surface area contributed by atoms with Crippen LogP contribution in [0.15, 0.2) is 23.2 Å². The minimum atomic E-state index is -0.122. The first-order valence-corrected chi connectivity index (χ1v) is 8.03. The van der Waals surface area contributed by atoms with E-state index < -0.39 is 0 Å². The fraction of sp³-hybridized carbons (Fsp3) is 0.600. The van der Waals surface area contributed by atoms with Gasteiger partial charge in [-0.25, -0.2) is 4.98 Å². The normalized spacial score (nSPS) is 18.9. The minimum absolute atomic E-state index is 0.00827. The summed E-state index contributed by atoms with van der Waals surface area (Å²) in [7, 11) is 0. The summed E-state index contributed by atoms with van der Waals surface area (Å²) >= 11 is 0. The fourth-order valence-corrected chi connectivity index (χ4v) is 2.57. The van der Waals surface area contributed by atoms with E-state index in [9.17, 15) is 4.79 Å². The SMILES string of the molecule is CC(C)c1cc(NC(=O)CN2CCO[C@@H](Cn3cncn3)C2)on1. The lowest BCUT2D eigenvalue weighted by Gasteiger charge is -2.32. The molecule has 2 aromatic rings. The first kappa shape index (κ1) is 16.6. The van der Waals surface area contributed by atoms with Crippen molar-refractivity contribution in [3.8, 4) is 0 Å². The van der Waals surface area contributed by atoms with E-state index >= 15 is 0 Å². The molecule has 3 rings (SSSR count). The Bertz CT molecular complexity index is 654. The van der Waals surface area contributed by atoms with Crippen molar-refractivity contribution in [3.05, 3.63) is 24.4 Å². The molecule has 9 heteroatoms. The average molecular weight is 334 g/mol. The summed E-state index contributed by atoms with van der Waals surface area (Å²) in [5, 5.41) is 10.8. The Morgan fingerprint density at radius 2 is 2.38 bits per heavy atom. The van der Waals surface area contributed by atoms with Crippen molar-refractivity contribution < 1.29 is 14.1 Å². The number of hydrogen-bond donors (Lipinski definition) is 1. The zero-order valence-electron chi connectivity index (χ0n) is 13.9. The maximum absolute atomic E-state index is 12.2. The minimum Gasteiger partial charge on any atom is -0.374 e. The van der Waals surface area contributed by atoms with Crippen molar-refractivity contribution in [2.24, 2.45) is 0 Å². The van der Waals surface area contributed by atoms with Gasteiger partial charge in [0.25, 0.3) is 0 Å². The Labute approximate surface area is 140 Å². The Kier molecular flexibility index (Phi) is 5.21. The number of rotatable bonds is 6. The second kappa shape index (κ2) is 7.54. The molecule has 24 heavy (non-hydrogen) atoms. The molecule has 0 bridgehead atoms. The number of morpholine rings is 1. The Balaban J connectivity index is 1.48. The Morgan fingerprint density at radius 3 is 3.08 bits per heavy atom. The van der Waals surface area contributed by atoms with Crippen molar-refractivity contribution in [1.29, 1.82) is 0 Å². The monoisotopic (exact) mass is 334 g/mol. The number of aromatic nitrogens is 4. The lowest BCUT2D eigenvalue weighted by molar-refractivity contribution is -0.119. The van der Waals surface area contributed by atoms with Gasteiger partial charge in [-0.3, -0.25) is 19.7 Å². The summed E-state index contributed by atoms with van der Waals surface area (Å²) in [6.45, 7) is 6.92. The number of nitrogens with one attached hydrogen (secondary N) is 1. The van der Waals surface area contributed by atoms with E-state index in [1.54, 1.807) is 17.1 Å². The summed E-state index contributed by atoms with van der Waals surface area (Å²) in [5.41, 5.74) is 0.824. The van der Waals surface area contributed by atoms with Gasteiger partial charge in [-0.1, -0.05) is 19.0 Å². The lowest BCUT2D eigenvalue weighted by atomic mass is 10.1. The summed E-state index contributed by atoms with van der Waals surface area (Å²) in [6.07, 6.45) is 3.15. The van der Waals surface area contributed by atoms with Gasteiger partial charge in [0, 0.05) is 19.2 Å². The maximum Gasteiger partial charge on any atom is 0.240 e. The third-order valence-corrected chi connectivity index (χ3v) is 3.83. The van der Waals surface area contributed by atoms with Crippen LogP contribution in [0.4, 0.5) is 5.88 Å². The van der Waals surface area contributed by atoms with Crippen LogP contribution >= 0.6 is 0 Å². The number of amides is 1. The van der Waals surface area contributed by atoms with Crippen molar-refractivity contribution >= 4 is 11.8 Å². The molecule has 3 heterocycles. The van der Waals surface area contributed by atoms with Crippen LogP contribution in [-0.2, 0) is 16.1 Å². The fourth-order valence-electron chi connectivity index (χ4n) is 2.57. The van der Waals surface area contributed by atoms with Gasteiger partial charge in [0.05, 0.1) is 31.5 Å². The van der Waals surface area contributed by atoms with Gasteiger partial charge in [-0.2, -0.15) is 5.10 Å². The molecule has 1 N–H and O–H groups in total. The summed E-state index contributed by atoms with van der Waals surface area (Å²) in [5.74, 6) is 0.523. The van der Waals surface area contributed by atoms with Crippen LogP contribution in [0.2, 0.25) is 0 Å². The molecule has 0 spiro atoms. The number of anilines is 1. The van der Waals surface area contributed by atoms with Gasteiger partial charge in [0.2, 0.25) is 11.8 Å². The summed E-state index contributed by atoms with van der Waals surface area (Å²) < 4.78 is 12.6. The van der Waals surface area contributed by atoms with Crippen molar-refractivity contribution in [2.75, 3.05) is 31.6 Å². The zero-order valence-corrected chi connectivity index (χ0v) is 13.9. The lowest BCUT2D eigenvalue weighted by Crippen LogP contribution is -2.47. The molecule has 0 radical (unpaired) electrons. The highest BCUT2D eigenvalue weighted by Crippen LogP contribution is 2.17. The van der Waals surface area contributed by atoms with E-state index in [1.165, 1.54) is 6.33 Å². The molecule has 0 saturated carbocycles. The van der Waals surface area contributed by atoms with Crippen LogP contribution in [0.3, 0.4) is 0 Å². The predicted molar refractivity (Wildman–Crippen MR) is 85.4 cm³/mol.